The standard InChI is InChI=1S/C39H46N6O6S/c1-4-26(2)35(43-39(48)51-3)38(47)45-19-5-6-34(45)36-40-24-33(42-36)30-13-9-28(10-14-30)29-11-15-31(16-12-29)37(46)41-32-17-7-27(8-18-32)25-44-20-22-52(49,50)23-21-44/h7-18,24,26,34-35H,4-6,19-23,25H2,1-3H3,(H,40,42)(H,41,46)(H,43,48)/t26-,34+,35+/m1/s1. The number of nitrogens with zero attached hydrogens (tertiary/aromatic N) is 3. The number of nitrogens with one attached hydrogen (secondary N) is 3. The van der Waals surface area contributed by atoms with E-state index in [0.29, 0.717) is 43.3 Å². The first kappa shape index (κ1) is 36.8. The van der Waals surface area contributed by atoms with Crippen molar-refractivity contribution >= 4 is 33.4 Å². The molecule has 0 saturated carbocycles. The summed E-state index contributed by atoms with van der Waals surface area (Å²) in [5.41, 5.74) is 6.06. The maximum Gasteiger partial charge on any atom is 0.407 e. The Hall–Kier alpha value is -5.01. The van der Waals surface area contributed by atoms with Crippen molar-refractivity contribution in [3.63, 3.8) is 0 Å². The number of hydrogen-bond acceptors (Lipinski definition) is 8. The Kier molecular flexibility index (Phi) is 11.4. The first-order valence-electron chi connectivity index (χ1n) is 17.8. The van der Waals surface area contributed by atoms with E-state index in [-0.39, 0.29) is 35.3 Å². The van der Waals surface area contributed by atoms with Crippen LogP contribution in [-0.4, -0.2) is 90.4 Å². The average molecular weight is 727 g/mol. The summed E-state index contributed by atoms with van der Waals surface area (Å²) in [5.74, 6) is 0.718. The van der Waals surface area contributed by atoms with Crippen molar-refractivity contribution < 1.29 is 27.5 Å². The highest BCUT2D eigenvalue weighted by molar-refractivity contribution is 7.91. The summed E-state index contributed by atoms with van der Waals surface area (Å²) in [5, 5.41) is 5.69. The summed E-state index contributed by atoms with van der Waals surface area (Å²) >= 11 is 0. The normalized spacial score (nSPS) is 18.4. The summed E-state index contributed by atoms with van der Waals surface area (Å²) in [6, 6.07) is 22.3. The number of imidazole rings is 1. The lowest BCUT2D eigenvalue weighted by atomic mass is 9.97. The highest BCUT2D eigenvalue weighted by atomic mass is 32.2. The highest BCUT2D eigenvalue weighted by Crippen LogP contribution is 2.33. The summed E-state index contributed by atoms with van der Waals surface area (Å²) in [6.07, 6.45) is 3.52. The van der Waals surface area contributed by atoms with E-state index in [1.165, 1.54) is 7.11 Å². The number of aromatic nitrogens is 2. The van der Waals surface area contributed by atoms with E-state index in [4.69, 9.17) is 4.74 Å². The van der Waals surface area contributed by atoms with Crippen LogP contribution in [0.15, 0.2) is 79.0 Å². The topological polar surface area (TPSA) is 154 Å². The van der Waals surface area contributed by atoms with Crippen LogP contribution in [-0.2, 0) is 25.9 Å². The fourth-order valence-corrected chi connectivity index (χ4v) is 8.01. The van der Waals surface area contributed by atoms with Gasteiger partial charge in [0, 0.05) is 37.4 Å². The zero-order valence-electron chi connectivity index (χ0n) is 29.8. The van der Waals surface area contributed by atoms with E-state index in [0.717, 1.165) is 47.2 Å². The number of carbonyl (C=O) groups excluding carboxylic acids is 3. The van der Waals surface area contributed by atoms with Crippen LogP contribution < -0.4 is 10.6 Å². The van der Waals surface area contributed by atoms with Gasteiger partial charge in [-0.25, -0.2) is 18.2 Å². The fraction of sp³-hybridized carbons (Fsp3) is 0.385. The van der Waals surface area contributed by atoms with Gasteiger partial charge in [0.05, 0.1) is 36.5 Å². The molecule has 12 nitrogen and oxygen atoms in total. The van der Waals surface area contributed by atoms with Gasteiger partial charge in [-0.3, -0.25) is 14.5 Å². The lowest BCUT2D eigenvalue weighted by Gasteiger charge is -2.30. The largest absolute Gasteiger partial charge is 0.453 e. The summed E-state index contributed by atoms with van der Waals surface area (Å²) in [6.45, 7) is 6.28. The molecule has 3 atom stereocenters. The van der Waals surface area contributed by atoms with Gasteiger partial charge in [-0.15, -0.1) is 0 Å². The number of methoxy groups -OCH3 is 1. The first-order valence-corrected chi connectivity index (χ1v) is 19.6. The third-order valence-corrected chi connectivity index (χ3v) is 11.7. The molecule has 4 aromatic rings. The summed E-state index contributed by atoms with van der Waals surface area (Å²) < 4.78 is 28.2. The van der Waals surface area contributed by atoms with Crippen molar-refractivity contribution in [3.05, 3.63) is 95.9 Å². The third kappa shape index (κ3) is 8.71. The Morgan fingerprint density at radius 2 is 1.56 bits per heavy atom. The SMILES string of the molecule is CC[C@@H](C)[C@H](NC(=O)OC)C(=O)N1CCC[C@H]1c1ncc(-c2ccc(-c3ccc(C(=O)Nc4ccc(CN5CCS(=O)(=O)CC5)cc4)cc3)cc2)[nH]1. The van der Waals surface area contributed by atoms with Crippen molar-refractivity contribution in [2.75, 3.05) is 43.6 Å². The Bertz CT molecular complexity index is 1960. The Labute approximate surface area is 304 Å². The number of rotatable bonds is 11. The van der Waals surface area contributed by atoms with Crippen LogP contribution in [0.5, 0.6) is 0 Å². The number of aromatic amines is 1. The average Bonchev–Trinajstić information content (AvgIpc) is 3.86. The number of carbonyl (C=O) groups is 3. The number of amides is 3. The molecular weight excluding hydrogens is 681 g/mol. The molecule has 0 aliphatic carbocycles. The quantitative estimate of drug-likeness (QED) is 0.179. The molecule has 1 aromatic heterocycles. The van der Waals surface area contributed by atoms with E-state index in [1.54, 1.807) is 18.3 Å². The van der Waals surface area contributed by atoms with Gasteiger partial charge in [0.15, 0.2) is 9.84 Å². The van der Waals surface area contributed by atoms with Gasteiger partial charge in [-0.1, -0.05) is 68.8 Å². The van der Waals surface area contributed by atoms with Crippen LogP contribution in [0.4, 0.5) is 10.5 Å². The van der Waals surface area contributed by atoms with Gasteiger partial charge in [0.25, 0.3) is 5.91 Å². The number of likely N-dealkylation sites (tertiary alicyclic amines) is 1. The number of sulfone groups is 1. The molecule has 3 aromatic carbocycles. The van der Waals surface area contributed by atoms with Crippen molar-refractivity contribution in [2.45, 2.75) is 51.7 Å². The number of anilines is 1. The van der Waals surface area contributed by atoms with E-state index in [9.17, 15) is 22.8 Å². The Morgan fingerprint density at radius 3 is 2.19 bits per heavy atom. The zero-order valence-corrected chi connectivity index (χ0v) is 30.6. The van der Waals surface area contributed by atoms with Crippen LogP contribution in [0.3, 0.4) is 0 Å². The van der Waals surface area contributed by atoms with Gasteiger partial charge in [-0.05, 0) is 65.3 Å². The predicted molar refractivity (Wildman–Crippen MR) is 200 cm³/mol. The van der Waals surface area contributed by atoms with E-state index < -0.39 is 22.0 Å². The summed E-state index contributed by atoms with van der Waals surface area (Å²) in [4.78, 5) is 50.7. The number of benzene rings is 3. The summed E-state index contributed by atoms with van der Waals surface area (Å²) in [7, 11) is -1.62. The van der Waals surface area contributed by atoms with Crippen LogP contribution in [0.1, 0.15) is 60.9 Å². The monoisotopic (exact) mass is 726 g/mol. The van der Waals surface area contributed by atoms with Crippen molar-refractivity contribution in [3.8, 4) is 22.4 Å². The molecule has 0 spiro atoms. The van der Waals surface area contributed by atoms with Crippen LogP contribution in [0.2, 0.25) is 0 Å². The molecule has 2 aliphatic rings. The molecule has 2 fully saturated rings. The van der Waals surface area contributed by atoms with E-state index >= 15 is 0 Å². The molecule has 52 heavy (non-hydrogen) atoms. The number of alkyl carbamates (subject to hydrolysis) is 1. The van der Waals surface area contributed by atoms with Gasteiger partial charge in [0.2, 0.25) is 5.91 Å². The molecule has 2 saturated heterocycles. The van der Waals surface area contributed by atoms with Gasteiger partial charge in [-0.2, -0.15) is 0 Å². The second-order valence-corrected chi connectivity index (χ2v) is 15.9. The van der Waals surface area contributed by atoms with Crippen LogP contribution in [0, 0.1) is 5.92 Å². The molecule has 0 bridgehead atoms. The molecule has 6 rings (SSSR count). The molecule has 274 valence electrons. The Morgan fingerprint density at radius 1 is 0.923 bits per heavy atom. The number of hydrogen-bond donors (Lipinski definition) is 3. The number of H-pyrrole nitrogens is 1. The molecule has 13 heteroatoms. The first-order chi connectivity index (χ1) is 25.0. The fourth-order valence-electron chi connectivity index (χ4n) is 6.73. The van der Waals surface area contributed by atoms with Crippen molar-refractivity contribution in [1.29, 1.82) is 0 Å². The molecule has 2 aliphatic heterocycles. The molecule has 3 heterocycles. The van der Waals surface area contributed by atoms with E-state index in [2.05, 4.69) is 25.5 Å². The maximum atomic E-state index is 13.6. The number of ether oxygens (including phenoxy) is 1. The molecular formula is C39H46N6O6S. The van der Waals surface area contributed by atoms with Gasteiger partial charge < -0.3 is 25.3 Å². The van der Waals surface area contributed by atoms with Gasteiger partial charge >= 0.3 is 6.09 Å². The minimum Gasteiger partial charge on any atom is -0.453 e. The minimum absolute atomic E-state index is 0.0563. The third-order valence-electron chi connectivity index (χ3n) is 10.1. The maximum absolute atomic E-state index is 13.6. The lowest BCUT2D eigenvalue weighted by Crippen LogP contribution is -2.51. The second-order valence-electron chi connectivity index (χ2n) is 13.6. The molecule has 3 amide bonds. The second kappa shape index (κ2) is 16.1. The zero-order chi connectivity index (χ0) is 36.8. The minimum atomic E-state index is -2.91. The molecule has 3 N–H and O–H groups in total. The van der Waals surface area contributed by atoms with E-state index in [1.807, 2.05) is 79.4 Å². The highest BCUT2D eigenvalue weighted by Gasteiger charge is 2.38. The van der Waals surface area contributed by atoms with Crippen LogP contribution in [0.25, 0.3) is 22.4 Å². The Balaban J connectivity index is 1.05. The molecule has 0 unspecified atom stereocenters. The van der Waals surface area contributed by atoms with Crippen molar-refractivity contribution in [1.82, 2.24) is 25.1 Å². The van der Waals surface area contributed by atoms with Gasteiger partial charge in [0.1, 0.15) is 11.9 Å². The lowest BCUT2D eigenvalue weighted by molar-refractivity contribution is -0.135. The van der Waals surface area contributed by atoms with Crippen molar-refractivity contribution in [2.24, 2.45) is 5.92 Å². The molecule has 0 radical (unpaired) electrons. The smallest absolute Gasteiger partial charge is 0.407 e. The van der Waals surface area contributed by atoms with Crippen LogP contribution >= 0.6 is 0 Å². The predicted octanol–water partition coefficient (Wildman–Crippen LogP) is 5.66.